The second kappa shape index (κ2) is 7.49. The van der Waals surface area contributed by atoms with Crippen LogP contribution in [-0.2, 0) is 11.2 Å². The van der Waals surface area contributed by atoms with Gasteiger partial charge in [0, 0.05) is 6.54 Å². The van der Waals surface area contributed by atoms with Gasteiger partial charge in [0.25, 0.3) is 5.91 Å². The van der Waals surface area contributed by atoms with Crippen molar-refractivity contribution in [3.8, 4) is 0 Å². The molecule has 1 aliphatic rings. The van der Waals surface area contributed by atoms with Gasteiger partial charge in [0.15, 0.2) is 5.17 Å². The van der Waals surface area contributed by atoms with Crippen LogP contribution in [0.4, 0.5) is 5.69 Å². The highest BCUT2D eigenvalue weighted by molar-refractivity contribution is 8.18. The number of amidine groups is 1. The maximum Gasteiger partial charge on any atom is 0.266 e. The molecule has 1 amide bonds. The van der Waals surface area contributed by atoms with Crippen LogP contribution in [0, 0.1) is 0 Å². The van der Waals surface area contributed by atoms with Crippen LogP contribution in [0.3, 0.4) is 0 Å². The molecule has 2 aromatic carbocycles. The van der Waals surface area contributed by atoms with Gasteiger partial charge in [-0.05, 0) is 48.4 Å². The molecule has 1 aliphatic heterocycles. The molecular formula is C20H20N2OS. The third-order valence-electron chi connectivity index (χ3n) is 3.89. The normalized spacial score (nSPS) is 17.9. The quantitative estimate of drug-likeness (QED) is 0.746. The van der Waals surface area contributed by atoms with Crippen LogP contribution in [-0.4, -0.2) is 22.5 Å². The van der Waals surface area contributed by atoms with Crippen molar-refractivity contribution in [2.75, 3.05) is 6.54 Å². The number of hydrogen-bond acceptors (Lipinski definition) is 3. The molecule has 0 unspecified atom stereocenters. The van der Waals surface area contributed by atoms with E-state index in [0.717, 1.165) is 27.7 Å². The molecule has 1 heterocycles. The monoisotopic (exact) mass is 336 g/mol. The van der Waals surface area contributed by atoms with Gasteiger partial charge in [-0.2, -0.15) is 0 Å². The highest BCUT2D eigenvalue weighted by Gasteiger charge is 2.32. The number of amides is 1. The average Bonchev–Trinajstić information content (AvgIpc) is 2.91. The van der Waals surface area contributed by atoms with Crippen molar-refractivity contribution in [1.82, 2.24) is 4.90 Å². The number of nitrogens with zero attached hydrogens (tertiary/aromatic N) is 2. The van der Waals surface area contributed by atoms with Gasteiger partial charge >= 0.3 is 0 Å². The van der Waals surface area contributed by atoms with Crippen molar-refractivity contribution in [3.05, 3.63) is 70.6 Å². The maximum absolute atomic E-state index is 12.7. The van der Waals surface area contributed by atoms with E-state index in [1.54, 1.807) is 4.90 Å². The van der Waals surface area contributed by atoms with Gasteiger partial charge in [0.2, 0.25) is 0 Å². The van der Waals surface area contributed by atoms with E-state index in [-0.39, 0.29) is 5.91 Å². The lowest BCUT2D eigenvalue weighted by molar-refractivity contribution is -0.122. The summed E-state index contributed by atoms with van der Waals surface area (Å²) in [5.41, 5.74) is 3.16. The third-order valence-corrected chi connectivity index (χ3v) is 4.90. The topological polar surface area (TPSA) is 32.7 Å². The number of carbonyl (C=O) groups excluding carboxylic acids is 1. The van der Waals surface area contributed by atoms with Crippen molar-refractivity contribution in [3.63, 3.8) is 0 Å². The van der Waals surface area contributed by atoms with E-state index in [1.807, 2.05) is 61.5 Å². The Hall–Kier alpha value is -2.33. The van der Waals surface area contributed by atoms with Crippen LogP contribution < -0.4 is 0 Å². The molecule has 0 aliphatic carbocycles. The summed E-state index contributed by atoms with van der Waals surface area (Å²) in [5, 5.41) is 0.755. The Kier molecular flexibility index (Phi) is 5.16. The van der Waals surface area contributed by atoms with E-state index in [1.165, 1.54) is 17.3 Å². The number of benzene rings is 2. The lowest BCUT2D eigenvalue weighted by atomic mass is 10.1. The van der Waals surface area contributed by atoms with Gasteiger partial charge in [-0.15, -0.1) is 0 Å². The minimum absolute atomic E-state index is 0.0269. The molecule has 1 saturated heterocycles. The second-order valence-electron chi connectivity index (χ2n) is 5.45. The molecule has 0 radical (unpaired) electrons. The van der Waals surface area contributed by atoms with Crippen molar-refractivity contribution < 1.29 is 4.79 Å². The molecule has 0 spiro atoms. The van der Waals surface area contributed by atoms with Crippen LogP contribution in [0.1, 0.15) is 25.0 Å². The van der Waals surface area contributed by atoms with Crippen molar-refractivity contribution in [2.24, 2.45) is 4.99 Å². The predicted octanol–water partition coefficient (Wildman–Crippen LogP) is 4.87. The molecule has 0 saturated carbocycles. The van der Waals surface area contributed by atoms with Crippen molar-refractivity contribution in [1.29, 1.82) is 0 Å². The minimum atomic E-state index is 0.0269. The lowest BCUT2D eigenvalue weighted by Crippen LogP contribution is -2.28. The summed E-state index contributed by atoms with van der Waals surface area (Å²) in [6.45, 7) is 4.71. The number of rotatable bonds is 4. The molecule has 2 aromatic rings. The Morgan fingerprint density at radius 3 is 2.46 bits per heavy atom. The standard InChI is InChI=1S/C20H20N2OS/c1-3-16-12-8-9-13-17(16)21-20-22(4-2)19(23)18(24-20)14-15-10-6-5-7-11-15/h5-14H,3-4H2,1-2H3/b18-14+,21-20?. The Balaban J connectivity index is 1.96. The van der Waals surface area contributed by atoms with E-state index in [0.29, 0.717) is 6.54 Å². The molecule has 3 rings (SSSR count). The Labute approximate surface area is 147 Å². The number of thioether (sulfide) groups is 1. The van der Waals surface area contributed by atoms with E-state index in [9.17, 15) is 4.79 Å². The molecule has 0 atom stereocenters. The fraction of sp³-hybridized carbons (Fsp3) is 0.200. The smallest absolute Gasteiger partial charge is 0.266 e. The van der Waals surface area contributed by atoms with Crippen LogP contribution in [0.15, 0.2) is 64.5 Å². The molecule has 0 aromatic heterocycles. The second-order valence-corrected chi connectivity index (χ2v) is 6.46. The summed E-state index contributed by atoms with van der Waals surface area (Å²) in [6, 6.07) is 18.0. The fourth-order valence-electron chi connectivity index (χ4n) is 2.59. The number of carbonyl (C=O) groups is 1. The van der Waals surface area contributed by atoms with E-state index >= 15 is 0 Å². The lowest BCUT2D eigenvalue weighted by Gasteiger charge is -2.12. The zero-order valence-electron chi connectivity index (χ0n) is 13.9. The minimum Gasteiger partial charge on any atom is -0.287 e. The van der Waals surface area contributed by atoms with Crippen LogP contribution in [0.5, 0.6) is 0 Å². The SMILES string of the molecule is CCc1ccccc1N=C1S/C(=C/c2ccccc2)C(=O)N1CC. The Morgan fingerprint density at radius 2 is 1.75 bits per heavy atom. The summed E-state index contributed by atoms with van der Waals surface area (Å²) < 4.78 is 0. The van der Waals surface area contributed by atoms with Crippen molar-refractivity contribution >= 4 is 34.6 Å². The van der Waals surface area contributed by atoms with Crippen LogP contribution in [0.2, 0.25) is 0 Å². The maximum atomic E-state index is 12.7. The summed E-state index contributed by atoms with van der Waals surface area (Å²) in [4.78, 5) is 19.9. The number of likely N-dealkylation sites (N-methyl/N-ethyl adjacent to an activating group) is 1. The summed E-state index contributed by atoms with van der Waals surface area (Å²) >= 11 is 1.45. The zero-order chi connectivity index (χ0) is 16.9. The van der Waals surface area contributed by atoms with Gasteiger partial charge in [0.1, 0.15) is 0 Å². The number of para-hydroxylation sites is 1. The van der Waals surface area contributed by atoms with Crippen LogP contribution >= 0.6 is 11.8 Å². The van der Waals surface area contributed by atoms with Gasteiger partial charge in [-0.3, -0.25) is 9.69 Å². The summed E-state index contributed by atoms with van der Waals surface area (Å²) in [7, 11) is 0. The third kappa shape index (κ3) is 3.44. The largest absolute Gasteiger partial charge is 0.287 e. The molecule has 0 bridgehead atoms. The highest BCUT2D eigenvalue weighted by Crippen LogP contribution is 2.34. The molecule has 3 nitrogen and oxygen atoms in total. The van der Waals surface area contributed by atoms with Gasteiger partial charge < -0.3 is 0 Å². The first-order valence-corrected chi connectivity index (χ1v) is 8.97. The zero-order valence-corrected chi connectivity index (χ0v) is 14.7. The van der Waals surface area contributed by atoms with Gasteiger partial charge in [0.05, 0.1) is 10.6 Å². The fourth-order valence-corrected chi connectivity index (χ4v) is 3.65. The van der Waals surface area contributed by atoms with E-state index < -0.39 is 0 Å². The number of hydrogen-bond donors (Lipinski definition) is 0. The summed E-state index contributed by atoms with van der Waals surface area (Å²) in [6.07, 6.45) is 2.86. The van der Waals surface area contributed by atoms with Gasteiger partial charge in [-0.1, -0.05) is 55.5 Å². The highest BCUT2D eigenvalue weighted by atomic mass is 32.2. The first-order valence-electron chi connectivity index (χ1n) is 8.16. The first-order chi connectivity index (χ1) is 11.7. The van der Waals surface area contributed by atoms with E-state index in [4.69, 9.17) is 4.99 Å². The summed E-state index contributed by atoms with van der Waals surface area (Å²) in [5.74, 6) is 0.0269. The molecular weight excluding hydrogens is 316 g/mol. The number of aryl methyl sites for hydroxylation is 1. The van der Waals surface area contributed by atoms with Gasteiger partial charge in [-0.25, -0.2) is 4.99 Å². The molecule has 1 fully saturated rings. The molecule has 0 N–H and O–H groups in total. The Bertz CT molecular complexity index is 796. The molecule has 24 heavy (non-hydrogen) atoms. The number of aliphatic imine (C=N–C) groups is 1. The van der Waals surface area contributed by atoms with Crippen LogP contribution in [0.25, 0.3) is 6.08 Å². The Morgan fingerprint density at radius 1 is 1.04 bits per heavy atom. The molecule has 122 valence electrons. The van der Waals surface area contributed by atoms with Crippen molar-refractivity contribution in [2.45, 2.75) is 20.3 Å². The average molecular weight is 336 g/mol. The first kappa shape index (κ1) is 16.5. The van der Waals surface area contributed by atoms with E-state index in [2.05, 4.69) is 13.0 Å². The predicted molar refractivity (Wildman–Crippen MR) is 102 cm³/mol. The molecule has 4 heteroatoms.